The first-order valence-electron chi connectivity index (χ1n) is 6.37. The number of fused-ring (bicyclic) bond motifs is 1. The standard InChI is InChI=1S/C15H14N2O3/c1-10-14(15(18)17-11-5-4-8-16-9-11)20-13-7-3-2-6-12(13)19-10/h2-10,14H,1H3,(H,17,18)/t10-,14+/m0/s1. The van der Waals surface area contributed by atoms with Gasteiger partial charge in [-0.3, -0.25) is 9.78 Å². The molecular formula is C15H14N2O3. The topological polar surface area (TPSA) is 60.5 Å². The number of pyridine rings is 1. The van der Waals surface area contributed by atoms with E-state index in [0.29, 0.717) is 17.2 Å². The molecule has 0 aliphatic carbocycles. The Morgan fingerprint density at radius 2 is 1.90 bits per heavy atom. The fourth-order valence-electron chi connectivity index (χ4n) is 2.06. The zero-order valence-corrected chi connectivity index (χ0v) is 10.9. The summed E-state index contributed by atoms with van der Waals surface area (Å²) in [5, 5.41) is 2.77. The van der Waals surface area contributed by atoms with Crippen LogP contribution >= 0.6 is 0 Å². The smallest absolute Gasteiger partial charge is 0.269 e. The highest BCUT2D eigenvalue weighted by Crippen LogP contribution is 2.33. The van der Waals surface area contributed by atoms with Gasteiger partial charge in [0.25, 0.3) is 5.91 Å². The van der Waals surface area contributed by atoms with Gasteiger partial charge in [-0.2, -0.15) is 0 Å². The molecule has 2 heterocycles. The lowest BCUT2D eigenvalue weighted by Crippen LogP contribution is -2.46. The second kappa shape index (κ2) is 5.21. The second-order valence-corrected chi connectivity index (χ2v) is 4.54. The van der Waals surface area contributed by atoms with Gasteiger partial charge in [-0.15, -0.1) is 0 Å². The summed E-state index contributed by atoms with van der Waals surface area (Å²) in [6.07, 6.45) is 2.18. The number of hydrogen-bond donors (Lipinski definition) is 1. The molecule has 1 aliphatic rings. The number of nitrogens with one attached hydrogen (secondary N) is 1. The molecule has 0 unspecified atom stereocenters. The number of nitrogens with zero attached hydrogens (tertiary/aromatic N) is 1. The van der Waals surface area contributed by atoms with Crippen LogP contribution in [0, 0.1) is 0 Å². The Morgan fingerprint density at radius 3 is 2.60 bits per heavy atom. The van der Waals surface area contributed by atoms with Gasteiger partial charge in [-0.1, -0.05) is 12.1 Å². The van der Waals surface area contributed by atoms with E-state index in [0.717, 1.165) is 0 Å². The van der Waals surface area contributed by atoms with Crippen LogP contribution in [0.3, 0.4) is 0 Å². The number of hydrogen-bond acceptors (Lipinski definition) is 4. The van der Waals surface area contributed by atoms with Gasteiger partial charge in [0.2, 0.25) is 6.10 Å². The van der Waals surface area contributed by atoms with Crippen molar-refractivity contribution in [2.75, 3.05) is 5.32 Å². The molecule has 3 rings (SSSR count). The summed E-state index contributed by atoms with van der Waals surface area (Å²) in [5.74, 6) is 0.988. The Kier molecular flexibility index (Phi) is 3.25. The Morgan fingerprint density at radius 1 is 1.15 bits per heavy atom. The summed E-state index contributed by atoms with van der Waals surface area (Å²) in [6.45, 7) is 1.81. The third-order valence-electron chi connectivity index (χ3n) is 3.03. The van der Waals surface area contributed by atoms with Crippen LogP contribution in [0.4, 0.5) is 5.69 Å². The summed E-state index contributed by atoms with van der Waals surface area (Å²) in [4.78, 5) is 16.2. The quantitative estimate of drug-likeness (QED) is 0.909. The van der Waals surface area contributed by atoms with E-state index in [2.05, 4.69) is 10.3 Å². The van der Waals surface area contributed by atoms with Crippen LogP contribution in [0.2, 0.25) is 0 Å². The van der Waals surface area contributed by atoms with Gasteiger partial charge < -0.3 is 14.8 Å². The highest BCUT2D eigenvalue weighted by atomic mass is 16.6. The van der Waals surface area contributed by atoms with Crippen molar-refractivity contribution in [3.8, 4) is 11.5 Å². The highest BCUT2D eigenvalue weighted by molar-refractivity contribution is 5.94. The minimum Gasteiger partial charge on any atom is -0.482 e. The van der Waals surface area contributed by atoms with Crippen molar-refractivity contribution < 1.29 is 14.3 Å². The molecule has 1 amide bonds. The maximum Gasteiger partial charge on any atom is 0.269 e. The van der Waals surface area contributed by atoms with Crippen molar-refractivity contribution in [3.63, 3.8) is 0 Å². The second-order valence-electron chi connectivity index (χ2n) is 4.54. The van der Waals surface area contributed by atoms with Crippen molar-refractivity contribution in [3.05, 3.63) is 48.8 Å². The third-order valence-corrected chi connectivity index (χ3v) is 3.03. The van der Waals surface area contributed by atoms with Crippen LogP contribution in [0.25, 0.3) is 0 Å². The molecule has 0 saturated carbocycles. The summed E-state index contributed by atoms with van der Waals surface area (Å²) in [7, 11) is 0. The lowest BCUT2D eigenvalue weighted by atomic mass is 10.1. The molecule has 0 saturated heterocycles. The molecule has 0 spiro atoms. The van der Waals surface area contributed by atoms with Crippen LogP contribution < -0.4 is 14.8 Å². The van der Waals surface area contributed by atoms with Crippen molar-refractivity contribution >= 4 is 11.6 Å². The Balaban J connectivity index is 1.76. The molecule has 102 valence electrons. The molecule has 2 atom stereocenters. The fourth-order valence-corrected chi connectivity index (χ4v) is 2.06. The Labute approximate surface area is 116 Å². The van der Waals surface area contributed by atoms with E-state index in [-0.39, 0.29) is 12.0 Å². The van der Waals surface area contributed by atoms with Crippen molar-refractivity contribution in [2.45, 2.75) is 19.1 Å². The lowest BCUT2D eigenvalue weighted by Gasteiger charge is -2.30. The number of aromatic nitrogens is 1. The number of para-hydroxylation sites is 2. The molecule has 2 aromatic rings. The normalized spacial score (nSPS) is 20.2. The molecular weight excluding hydrogens is 256 g/mol. The molecule has 0 fully saturated rings. The molecule has 1 N–H and O–H groups in total. The minimum atomic E-state index is -0.690. The van der Waals surface area contributed by atoms with Crippen molar-refractivity contribution in [1.29, 1.82) is 0 Å². The van der Waals surface area contributed by atoms with Crippen LogP contribution in [-0.2, 0) is 4.79 Å². The summed E-state index contributed by atoms with van der Waals surface area (Å²) in [6, 6.07) is 10.8. The van der Waals surface area contributed by atoms with Gasteiger partial charge in [0.15, 0.2) is 11.5 Å². The van der Waals surface area contributed by atoms with Gasteiger partial charge in [-0.05, 0) is 31.2 Å². The van der Waals surface area contributed by atoms with Gasteiger partial charge in [0, 0.05) is 6.20 Å². The number of carbonyl (C=O) groups is 1. The van der Waals surface area contributed by atoms with Crippen molar-refractivity contribution in [2.24, 2.45) is 0 Å². The first-order valence-corrected chi connectivity index (χ1v) is 6.37. The molecule has 20 heavy (non-hydrogen) atoms. The van der Waals surface area contributed by atoms with Gasteiger partial charge in [0.1, 0.15) is 6.10 Å². The average Bonchev–Trinajstić information content (AvgIpc) is 2.47. The first-order chi connectivity index (χ1) is 9.74. The van der Waals surface area contributed by atoms with E-state index in [4.69, 9.17) is 9.47 Å². The molecule has 0 radical (unpaired) electrons. The predicted octanol–water partition coefficient (Wildman–Crippen LogP) is 2.25. The van der Waals surface area contributed by atoms with Crippen molar-refractivity contribution in [1.82, 2.24) is 4.98 Å². The fraction of sp³-hybridized carbons (Fsp3) is 0.200. The zero-order valence-electron chi connectivity index (χ0n) is 10.9. The van der Waals surface area contributed by atoms with Gasteiger partial charge >= 0.3 is 0 Å². The van der Waals surface area contributed by atoms with Gasteiger partial charge in [0.05, 0.1) is 11.9 Å². The highest BCUT2D eigenvalue weighted by Gasteiger charge is 2.34. The maximum absolute atomic E-state index is 12.2. The van der Waals surface area contributed by atoms with E-state index in [1.165, 1.54) is 0 Å². The Hall–Kier alpha value is -2.56. The zero-order chi connectivity index (χ0) is 13.9. The summed E-state index contributed by atoms with van der Waals surface area (Å²) < 4.78 is 11.4. The van der Waals surface area contributed by atoms with Gasteiger partial charge in [-0.25, -0.2) is 0 Å². The first kappa shape index (κ1) is 12.5. The monoisotopic (exact) mass is 270 g/mol. The average molecular weight is 270 g/mol. The maximum atomic E-state index is 12.2. The number of rotatable bonds is 2. The number of anilines is 1. The van der Waals surface area contributed by atoms with Crippen LogP contribution in [0.15, 0.2) is 48.8 Å². The molecule has 5 nitrogen and oxygen atoms in total. The number of ether oxygens (including phenoxy) is 2. The van der Waals surface area contributed by atoms with E-state index in [1.807, 2.05) is 25.1 Å². The van der Waals surface area contributed by atoms with E-state index in [9.17, 15) is 4.79 Å². The van der Waals surface area contributed by atoms with E-state index >= 15 is 0 Å². The molecule has 1 aliphatic heterocycles. The lowest BCUT2D eigenvalue weighted by molar-refractivity contribution is -0.128. The molecule has 1 aromatic carbocycles. The van der Waals surface area contributed by atoms with E-state index in [1.54, 1.807) is 30.6 Å². The predicted molar refractivity (Wildman–Crippen MR) is 73.8 cm³/mol. The van der Waals surface area contributed by atoms with Crippen LogP contribution in [0.1, 0.15) is 6.92 Å². The SMILES string of the molecule is C[C@@H]1Oc2ccccc2O[C@H]1C(=O)Nc1cccnc1. The summed E-state index contributed by atoms with van der Waals surface area (Å²) in [5.41, 5.74) is 0.632. The summed E-state index contributed by atoms with van der Waals surface area (Å²) >= 11 is 0. The Bertz CT molecular complexity index is 616. The van der Waals surface area contributed by atoms with E-state index < -0.39 is 6.10 Å². The molecule has 1 aromatic heterocycles. The number of carbonyl (C=O) groups excluding carboxylic acids is 1. The molecule has 0 bridgehead atoms. The van der Waals surface area contributed by atoms with Crippen LogP contribution in [0.5, 0.6) is 11.5 Å². The third kappa shape index (κ3) is 2.42. The largest absolute Gasteiger partial charge is 0.482 e. The number of amides is 1. The molecule has 5 heteroatoms. The number of benzene rings is 1. The van der Waals surface area contributed by atoms with Crippen LogP contribution in [-0.4, -0.2) is 23.1 Å². The minimum absolute atomic E-state index is 0.250.